The van der Waals surface area contributed by atoms with Gasteiger partial charge in [0.2, 0.25) is 0 Å². The van der Waals surface area contributed by atoms with Crippen molar-refractivity contribution in [1.29, 1.82) is 0 Å². The van der Waals surface area contributed by atoms with E-state index in [4.69, 9.17) is 9.47 Å². The Morgan fingerprint density at radius 2 is 1.34 bits per heavy atom. The molecule has 0 unspecified atom stereocenters. The van der Waals surface area contributed by atoms with Crippen molar-refractivity contribution in [2.45, 2.75) is 6.92 Å². The summed E-state index contributed by atoms with van der Waals surface area (Å²) in [5, 5.41) is 5.67. The first-order chi connectivity index (χ1) is 14.1. The summed E-state index contributed by atoms with van der Waals surface area (Å²) in [6, 6.07) is 19.4. The lowest BCUT2D eigenvalue weighted by molar-refractivity contribution is 0.102. The summed E-state index contributed by atoms with van der Waals surface area (Å²) in [7, 11) is 0. The van der Waals surface area contributed by atoms with Crippen molar-refractivity contribution in [2.75, 3.05) is 23.8 Å². The number of aryl methyl sites for hydroxylation is 1. The second-order valence-corrected chi connectivity index (χ2v) is 6.72. The van der Waals surface area contributed by atoms with Gasteiger partial charge in [0.15, 0.2) is 11.5 Å². The Bertz CT molecular complexity index is 1080. The van der Waals surface area contributed by atoms with Crippen LogP contribution in [0.5, 0.6) is 11.5 Å². The average molecular weight is 388 g/mol. The van der Waals surface area contributed by atoms with Gasteiger partial charge in [0.05, 0.1) is 0 Å². The monoisotopic (exact) mass is 388 g/mol. The average Bonchev–Trinajstić information content (AvgIpc) is 2.74. The Labute approximate surface area is 168 Å². The first-order valence-electron chi connectivity index (χ1n) is 9.27. The molecule has 1 aliphatic rings. The number of carbonyl (C=O) groups excluding carboxylic acids is 2. The molecule has 0 aliphatic carbocycles. The maximum Gasteiger partial charge on any atom is 0.255 e. The molecule has 6 nitrogen and oxygen atoms in total. The van der Waals surface area contributed by atoms with Gasteiger partial charge in [-0.1, -0.05) is 18.2 Å². The summed E-state index contributed by atoms with van der Waals surface area (Å²) < 4.78 is 11.0. The largest absolute Gasteiger partial charge is 0.486 e. The highest BCUT2D eigenvalue weighted by Crippen LogP contribution is 2.32. The third-order valence-electron chi connectivity index (χ3n) is 4.46. The lowest BCUT2D eigenvalue weighted by Crippen LogP contribution is -2.17. The van der Waals surface area contributed by atoms with Gasteiger partial charge in [-0.3, -0.25) is 9.59 Å². The second-order valence-electron chi connectivity index (χ2n) is 6.72. The van der Waals surface area contributed by atoms with Gasteiger partial charge in [0.1, 0.15) is 13.2 Å². The fourth-order valence-electron chi connectivity index (χ4n) is 3.05. The standard InChI is InChI=1S/C23H20N2O4/c1-15-4-2-7-18(12-15)24-22(26)16-5-3-6-17(13-16)23(27)25-19-8-9-20-21(14-19)29-11-10-28-20/h2-9,12-14H,10-11H2,1H3,(H,24,26)(H,25,27). The van der Waals surface area contributed by atoms with E-state index in [2.05, 4.69) is 10.6 Å². The van der Waals surface area contributed by atoms with Gasteiger partial charge in [0.25, 0.3) is 11.8 Å². The maximum atomic E-state index is 12.6. The van der Waals surface area contributed by atoms with Crippen LogP contribution in [0.4, 0.5) is 11.4 Å². The van der Waals surface area contributed by atoms with E-state index in [0.717, 1.165) is 5.56 Å². The predicted molar refractivity (Wildman–Crippen MR) is 111 cm³/mol. The SMILES string of the molecule is Cc1cccc(NC(=O)c2cccc(C(=O)Nc3ccc4c(c3)OCCO4)c2)c1. The van der Waals surface area contributed by atoms with Crippen LogP contribution in [0.1, 0.15) is 26.3 Å². The number of fused-ring (bicyclic) bond motifs is 1. The Morgan fingerprint density at radius 3 is 2.03 bits per heavy atom. The summed E-state index contributed by atoms with van der Waals surface area (Å²) >= 11 is 0. The zero-order valence-electron chi connectivity index (χ0n) is 15.9. The van der Waals surface area contributed by atoms with Crippen LogP contribution in [0.25, 0.3) is 0 Å². The van der Waals surface area contributed by atoms with E-state index in [1.54, 1.807) is 42.5 Å². The summed E-state index contributed by atoms with van der Waals surface area (Å²) in [5.41, 5.74) is 3.14. The van der Waals surface area contributed by atoms with Crippen molar-refractivity contribution >= 4 is 23.2 Å². The number of ether oxygens (including phenoxy) is 2. The van der Waals surface area contributed by atoms with Gasteiger partial charge >= 0.3 is 0 Å². The minimum Gasteiger partial charge on any atom is -0.486 e. The van der Waals surface area contributed by atoms with Crippen LogP contribution in [0.3, 0.4) is 0 Å². The molecule has 0 aromatic heterocycles. The van der Waals surface area contributed by atoms with Crippen LogP contribution in [0.2, 0.25) is 0 Å². The number of hydrogen-bond donors (Lipinski definition) is 2. The summed E-state index contributed by atoms with van der Waals surface area (Å²) in [4.78, 5) is 25.2. The molecule has 2 N–H and O–H groups in total. The summed E-state index contributed by atoms with van der Waals surface area (Å²) in [5.74, 6) is 0.667. The predicted octanol–water partition coefficient (Wildman–Crippen LogP) is 4.27. The first-order valence-corrected chi connectivity index (χ1v) is 9.27. The fraction of sp³-hybridized carbons (Fsp3) is 0.130. The number of anilines is 2. The van der Waals surface area contributed by atoms with Crippen molar-refractivity contribution in [3.8, 4) is 11.5 Å². The number of hydrogen-bond acceptors (Lipinski definition) is 4. The van der Waals surface area contributed by atoms with Gasteiger partial charge < -0.3 is 20.1 Å². The molecule has 0 spiro atoms. The number of carbonyl (C=O) groups is 2. The molecule has 146 valence electrons. The zero-order valence-corrected chi connectivity index (χ0v) is 15.9. The molecule has 6 heteroatoms. The van der Waals surface area contributed by atoms with E-state index in [0.29, 0.717) is 47.2 Å². The van der Waals surface area contributed by atoms with Crippen LogP contribution in [-0.4, -0.2) is 25.0 Å². The first kappa shape index (κ1) is 18.6. The fourth-order valence-corrected chi connectivity index (χ4v) is 3.05. The molecule has 0 fully saturated rings. The molecule has 0 saturated heterocycles. The molecular weight excluding hydrogens is 368 g/mol. The highest BCUT2D eigenvalue weighted by molar-refractivity contribution is 6.08. The van der Waals surface area contributed by atoms with Crippen molar-refractivity contribution < 1.29 is 19.1 Å². The van der Waals surface area contributed by atoms with E-state index in [-0.39, 0.29) is 11.8 Å². The van der Waals surface area contributed by atoms with Crippen LogP contribution in [0.15, 0.2) is 66.7 Å². The quantitative estimate of drug-likeness (QED) is 0.700. The Hall–Kier alpha value is -3.80. The number of nitrogens with one attached hydrogen (secondary N) is 2. The smallest absolute Gasteiger partial charge is 0.255 e. The van der Waals surface area contributed by atoms with E-state index < -0.39 is 0 Å². The lowest BCUT2D eigenvalue weighted by atomic mass is 10.1. The zero-order chi connectivity index (χ0) is 20.2. The van der Waals surface area contributed by atoms with E-state index in [9.17, 15) is 9.59 Å². The van der Waals surface area contributed by atoms with Gasteiger partial charge in [0, 0.05) is 28.6 Å². The number of amides is 2. The van der Waals surface area contributed by atoms with Gasteiger partial charge in [-0.15, -0.1) is 0 Å². The minimum absolute atomic E-state index is 0.274. The molecule has 3 aromatic carbocycles. The van der Waals surface area contributed by atoms with Crippen LogP contribution in [-0.2, 0) is 0 Å². The molecule has 1 aliphatic heterocycles. The van der Waals surface area contributed by atoms with Crippen molar-refractivity contribution in [1.82, 2.24) is 0 Å². The molecule has 29 heavy (non-hydrogen) atoms. The third-order valence-corrected chi connectivity index (χ3v) is 4.46. The molecule has 2 amide bonds. The van der Waals surface area contributed by atoms with E-state index in [1.807, 2.05) is 31.2 Å². The number of rotatable bonds is 4. The second kappa shape index (κ2) is 8.06. The highest BCUT2D eigenvalue weighted by Gasteiger charge is 2.15. The molecule has 1 heterocycles. The minimum atomic E-state index is -0.313. The molecule has 0 bridgehead atoms. The van der Waals surface area contributed by atoms with Crippen LogP contribution >= 0.6 is 0 Å². The normalized spacial score (nSPS) is 12.2. The Kier molecular flexibility index (Phi) is 5.16. The van der Waals surface area contributed by atoms with E-state index >= 15 is 0 Å². The third kappa shape index (κ3) is 4.38. The summed E-state index contributed by atoms with van der Waals surface area (Å²) in [6.07, 6.45) is 0. The lowest BCUT2D eigenvalue weighted by Gasteiger charge is -2.19. The van der Waals surface area contributed by atoms with Crippen LogP contribution in [0, 0.1) is 6.92 Å². The molecular formula is C23H20N2O4. The topological polar surface area (TPSA) is 76.7 Å². The van der Waals surface area contributed by atoms with Gasteiger partial charge in [-0.2, -0.15) is 0 Å². The molecule has 3 aromatic rings. The highest BCUT2D eigenvalue weighted by atomic mass is 16.6. The maximum absolute atomic E-state index is 12.6. The van der Waals surface area contributed by atoms with Crippen molar-refractivity contribution in [2.24, 2.45) is 0 Å². The molecule has 0 atom stereocenters. The van der Waals surface area contributed by atoms with Crippen molar-refractivity contribution in [3.05, 3.63) is 83.4 Å². The molecule has 4 rings (SSSR count). The van der Waals surface area contributed by atoms with E-state index in [1.165, 1.54) is 0 Å². The molecule has 0 radical (unpaired) electrons. The van der Waals surface area contributed by atoms with Crippen LogP contribution < -0.4 is 20.1 Å². The van der Waals surface area contributed by atoms with Gasteiger partial charge in [-0.25, -0.2) is 0 Å². The molecule has 0 saturated carbocycles. The Morgan fingerprint density at radius 1 is 0.724 bits per heavy atom. The number of benzene rings is 3. The Balaban J connectivity index is 1.47. The summed E-state index contributed by atoms with van der Waals surface area (Å²) in [6.45, 7) is 2.94. The van der Waals surface area contributed by atoms with Gasteiger partial charge in [-0.05, 0) is 55.0 Å². The van der Waals surface area contributed by atoms with Crippen molar-refractivity contribution in [3.63, 3.8) is 0 Å².